The van der Waals surface area contributed by atoms with Gasteiger partial charge in [0.25, 0.3) is 5.91 Å². The van der Waals surface area contributed by atoms with E-state index in [1.807, 2.05) is 72.4 Å². The summed E-state index contributed by atoms with van der Waals surface area (Å²) < 4.78 is 11.2. The molecule has 0 saturated carbocycles. The van der Waals surface area contributed by atoms with E-state index in [2.05, 4.69) is 0 Å². The number of benzene rings is 3. The van der Waals surface area contributed by atoms with E-state index in [4.69, 9.17) is 32.7 Å². The molecule has 172 valence electrons. The Bertz CT molecular complexity index is 1160. The van der Waals surface area contributed by atoms with E-state index in [-0.39, 0.29) is 5.91 Å². The van der Waals surface area contributed by atoms with Crippen LogP contribution in [0, 0.1) is 0 Å². The maximum absolute atomic E-state index is 13.8. The number of rotatable bonds is 5. The lowest BCUT2D eigenvalue weighted by atomic mass is 9.86. The Morgan fingerprint density at radius 3 is 2.36 bits per heavy atom. The fourth-order valence-corrected chi connectivity index (χ4v) is 4.91. The molecule has 33 heavy (non-hydrogen) atoms. The van der Waals surface area contributed by atoms with E-state index >= 15 is 0 Å². The Morgan fingerprint density at radius 2 is 1.73 bits per heavy atom. The van der Waals surface area contributed by atoms with Gasteiger partial charge >= 0.3 is 0 Å². The van der Waals surface area contributed by atoms with Crippen LogP contribution in [-0.2, 0) is 6.42 Å². The standard InChI is InChI=1S/C26H26Cl2N2O3/c1-29(2)21-7-5-6-17(12-21)26(31)30-9-8-16-13-22(32-3)15-23(33-4)24(16)25(30)18-10-19(27)14-20(28)11-18/h5-7,10-15,25H,8-9H2,1-4H3. The molecular formula is C26H26Cl2N2O3. The maximum atomic E-state index is 13.8. The molecule has 3 aromatic rings. The van der Waals surface area contributed by atoms with E-state index in [0.717, 1.165) is 22.4 Å². The number of halogens is 2. The number of hydrogen-bond donors (Lipinski definition) is 0. The van der Waals surface area contributed by atoms with Crippen molar-refractivity contribution >= 4 is 34.8 Å². The molecular weight excluding hydrogens is 459 g/mol. The van der Waals surface area contributed by atoms with Crippen molar-refractivity contribution in [2.75, 3.05) is 39.8 Å². The molecule has 1 aliphatic heterocycles. The third kappa shape index (κ3) is 4.61. The van der Waals surface area contributed by atoms with E-state index in [1.54, 1.807) is 20.3 Å². The zero-order valence-electron chi connectivity index (χ0n) is 19.1. The van der Waals surface area contributed by atoms with Crippen molar-refractivity contribution in [1.29, 1.82) is 0 Å². The van der Waals surface area contributed by atoms with Crippen molar-refractivity contribution in [2.24, 2.45) is 0 Å². The van der Waals surface area contributed by atoms with Crippen LogP contribution >= 0.6 is 23.2 Å². The highest BCUT2D eigenvalue weighted by Crippen LogP contribution is 2.44. The summed E-state index contributed by atoms with van der Waals surface area (Å²) in [6, 6.07) is 16.5. The quantitative estimate of drug-likeness (QED) is 0.454. The zero-order chi connectivity index (χ0) is 23.7. The van der Waals surface area contributed by atoms with Crippen LogP contribution in [0.1, 0.15) is 33.1 Å². The lowest BCUT2D eigenvalue weighted by Gasteiger charge is -2.39. The molecule has 5 nitrogen and oxygen atoms in total. The predicted molar refractivity (Wildman–Crippen MR) is 133 cm³/mol. The van der Waals surface area contributed by atoms with Crippen LogP contribution in [0.15, 0.2) is 54.6 Å². The van der Waals surface area contributed by atoms with Crippen molar-refractivity contribution in [3.8, 4) is 11.5 Å². The first-order valence-electron chi connectivity index (χ1n) is 10.6. The fraction of sp³-hybridized carbons (Fsp3) is 0.269. The van der Waals surface area contributed by atoms with Crippen molar-refractivity contribution < 1.29 is 14.3 Å². The van der Waals surface area contributed by atoms with Gasteiger partial charge in [-0.1, -0.05) is 29.3 Å². The third-order valence-electron chi connectivity index (χ3n) is 5.94. The first kappa shape index (κ1) is 23.3. The minimum atomic E-state index is -0.415. The second-order valence-corrected chi connectivity index (χ2v) is 9.07. The molecule has 1 aliphatic rings. The van der Waals surface area contributed by atoms with Crippen molar-refractivity contribution in [1.82, 2.24) is 4.90 Å². The molecule has 0 aromatic heterocycles. The lowest BCUT2D eigenvalue weighted by Crippen LogP contribution is -2.41. The predicted octanol–water partition coefficient (Wildman–Crippen LogP) is 5.86. The number of ether oxygens (including phenoxy) is 2. The molecule has 4 rings (SSSR count). The second-order valence-electron chi connectivity index (χ2n) is 8.20. The molecule has 0 bridgehead atoms. The third-order valence-corrected chi connectivity index (χ3v) is 6.37. The Morgan fingerprint density at radius 1 is 1.00 bits per heavy atom. The van der Waals surface area contributed by atoms with Crippen LogP contribution in [0.5, 0.6) is 11.5 Å². The highest BCUT2D eigenvalue weighted by atomic mass is 35.5. The van der Waals surface area contributed by atoms with Gasteiger partial charge in [-0.3, -0.25) is 4.79 Å². The SMILES string of the molecule is COc1cc2c(c(OC)c1)C(c1cc(Cl)cc(Cl)c1)N(C(=O)c1cccc(N(C)C)c1)CC2. The smallest absolute Gasteiger partial charge is 0.254 e. The van der Waals surface area contributed by atoms with Gasteiger partial charge in [0.2, 0.25) is 0 Å². The summed E-state index contributed by atoms with van der Waals surface area (Å²) in [5, 5.41) is 1.03. The second kappa shape index (κ2) is 9.54. The molecule has 0 aliphatic carbocycles. The summed E-state index contributed by atoms with van der Waals surface area (Å²) in [6.45, 7) is 0.531. The van der Waals surface area contributed by atoms with Crippen molar-refractivity contribution in [2.45, 2.75) is 12.5 Å². The average molecular weight is 485 g/mol. The van der Waals surface area contributed by atoms with Crippen LogP contribution in [-0.4, -0.2) is 45.7 Å². The van der Waals surface area contributed by atoms with E-state index in [1.165, 1.54) is 0 Å². The number of carbonyl (C=O) groups is 1. The molecule has 1 unspecified atom stereocenters. The molecule has 1 heterocycles. The number of carbonyl (C=O) groups excluding carboxylic acids is 1. The Kier molecular flexibility index (Phi) is 6.73. The number of anilines is 1. The monoisotopic (exact) mass is 484 g/mol. The van der Waals surface area contributed by atoms with Gasteiger partial charge in [-0.25, -0.2) is 0 Å². The molecule has 0 spiro atoms. The molecule has 7 heteroatoms. The van der Waals surface area contributed by atoms with Gasteiger partial charge in [-0.2, -0.15) is 0 Å². The van der Waals surface area contributed by atoms with E-state index in [9.17, 15) is 4.79 Å². The van der Waals surface area contributed by atoms with Crippen LogP contribution in [0.3, 0.4) is 0 Å². The Balaban J connectivity index is 1.89. The van der Waals surface area contributed by atoms with Crippen LogP contribution in [0.2, 0.25) is 10.0 Å². The van der Waals surface area contributed by atoms with E-state index < -0.39 is 6.04 Å². The highest BCUT2D eigenvalue weighted by molar-refractivity contribution is 6.34. The van der Waals surface area contributed by atoms with Gasteiger partial charge in [0.1, 0.15) is 11.5 Å². The van der Waals surface area contributed by atoms with Crippen molar-refractivity contribution in [3.05, 3.63) is 86.9 Å². The molecule has 1 amide bonds. The largest absolute Gasteiger partial charge is 0.497 e. The number of hydrogen-bond acceptors (Lipinski definition) is 4. The summed E-state index contributed by atoms with van der Waals surface area (Å²) in [4.78, 5) is 17.7. The van der Waals surface area contributed by atoms with Crippen LogP contribution in [0.25, 0.3) is 0 Å². The summed E-state index contributed by atoms with van der Waals surface area (Å²) >= 11 is 12.7. The average Bonchev–Trinajstić information content (AvgIpc) is 2.81. The minimum absolute atomic E-state index is 0.0664. The van der Waals surface area contributed by atoms with Gasteiger partial charge in [0.05, 0.1) is 20.3 Å². The summed E-state index contributed by atoms with van der Waals surface area (Å²) in [5.41, 5.74) is 4.39. The normalized spacial score (nSPS) is 15.1. The lowest BCUT2D eigenvalue weighted by molar-refractivity contribution is 0.0692. The molecule has 1 atom stereocenters. The molecule has 0 N–H and O–H groups in total. The fourth-order valence-electron chi connectivity index (χ4n) is 4.37. The number of amides is 1. The highest BCUT2D eigenvalue weighted by Gasteiger charge is 2.36. The Hall–Kier alpha value is -2.89. The van der Waals surface area contributed by atoms with Gasteiger partial charge in [-0.15, -0.1) is 0 Å². The van der Waals surface area contributed by atoms with Crippen LogP contribution < -0.4 is 14.4 Å². The molecule has 0 fully saturated rings. The van der Waals surface area contributed by atoms with Crippen LogP contribution in [0.4, 0.5) is 5.69 Å². The molecule has 0 saturated heterocycles. The summed E-state index contributed by atoms with van der Waals surface area (Å²) in [7, 11) is 7.16. The summed E-state index contributed by atoms with van der Waals surface area (Å²) in [6.07, 6.45) is 0.673. The zero-order valence-corrected chi connectivity index (χ0v) is 20.6. The van der Waals surface area contributed by atoms with Gasteiger partial charge in [0.15, 0.2) is 0 Å². The van der Waals surface area contributed by atoms with Crippen molar-refractivity contribution in [3.63, 3.8) is 0 Å². The minimum Gasteiger partial charge on any atom is -0.497 e. The first-order valence-corrected chi connectivity index (χ1v) is 11.4. The van der Waals surface area contributed by atoms with E-state index in [0.29, 0.717) is 40.1 Å². The van der Waals surface area contributed by atoms with Gasteiger partial charge < -0.3 is 19.3 Å². The summed E-state index contributed by atoms with van der Waals surface area (Å²) in [5.74, 6) is 1.31. The molecule has 0 radical (unpaired) electrons. The molecule has 3 aromatic carbocycles. The maximum Gasteiger partial charge on any atom is 0.254 e. The Labute approximate surface area is 204 Å². The first-order chi connectivity index (χ1) is 15.8. The number of nitrogens with zero attached hydrogens (tertiary/aromatic N) is 2. The number of methoxy groups -OCH3 is 2. The topological polar surface area (TPSA) is 42.0 Å². The number of fused-ring (bicyclic) bond motifs is 1. The van der Waals surface area contributed by atoms with Gasteiger partial charge in [-0.05, 0) is 60.0 Å². The van der Waals surface area contributed by atoms with Gasteiger partial charge in [0, 0.05) is 53.6 Å².